The van der Waals surface area contributed by atoms with Crippen LogP contribution in [0.2, 0.25) is 5.15 Å². The number of fused-ring (bicyclic) bond motifs is 2. The van der Waals surface area contributed by atoms with Gasteiger partial charge in [0.2, 0.25) is 0 Å². The van der Waals surface area contributed by atoms with Crippen molar-refractivity contribution in [2.24, 2.45) is 7.05 Å². The summed E-state index contributed by atoms with van der Waals surface area (Å²) in [5, 5.41) is 12.5. The van der Waals surface area contributed by atoms with E-state index in [0.29, 0.717) is 18.1 Å². The second kappa shape index (κ2) is 10.5. The second-order valence-electron chi connectivity index (χ2n) is 10.1. The first kappa shape index (κ1) is 27.1. The molecule has 4 rings (SSSR count). The lowest BCUT2D eigenvalue weighted by atomic mass is 10.1. The topological polar surface area (TPSA) is 142 Å². The zero-order valence-corrected chi connectivity index (χ0v) is 22.9. The number of nitrogens with two attached hydrogens (primary N) is 1. The molecule has 0 aliphatic carbocycles. The fraction of sp³-hybridized carbons (Fsp3) is 0.400. The van der Waals surface area contributed by atoms with Crippen LogP contribution in [0.4, 0.5) is 16.3 Å². The van der Waals surface area contributed by atoms with Gasteiger partial charge in [0, 0.05) is 43.5 Å². The number of aryl methyl sites for hydroxylation is 1. The molecule has 0 fully saturated rings. The molecule has 202 valence electrons. The molecule has 0 radical (unpaired) electrons. The Morgan fingerprint density at radius 1 is 1.26 bits per heavy atom. The quantitative estimate of drug-likeness (QED) is 0.266. The number of anilines is 2. The number of carbonyl (C=O) groups excluding carboxylic acids is 2. The van der Waals surface area contributed by atoms with Crippen molar-refractivity contribution in [2.75, 3.05) is 24.3 Å². The predicted molar refractivity (Wildman–Crippen MR) is 144 cm³/mol. The van der Waals surface area contributed by atoms with Gasteiger partial charge >= 0.3 is 6.09 Å². The molecule has 13 heteroatoms. The Morgan fingerprint density at radius 3 is 2.71 bits per heavy atom. The summed E-state index contributed by atoms with van der Waals surface area (Å²) in [7, 11) is 3.37. The van der Waals surface area contributed by atoms with Crippen LogP contribution >= 0.6 is 11.6 Å². The molecule has 12 nitrogen and oxygen atoms in total. The fourth-order valence-electron chi connectivity index (χ4n) is 3.85. The minimum atomic E-state index is -0.688. The number of amides is 2. The molecule has 0 aliphatic heterocycles. The Morgan fingerprint density at radius 2 is 2.00 bits per heavy atom. The number of aromatic nitrogens is 5. The van der Waals surface area contributed by atoms with Crippen molar-refractivity contribution in [1.29, 1.82) is 0 Å². The monoisotopic (exact) mass is 542 g/mol. The van der Waals surface area contributed by atoms with Crippen molar-refractivity contribution in [2.45, 2.75) is 45.9 Å². The largest absolute Gasteiger partial charge is 0.443 e. The Balaban J connectivity index is 1.42. The summed E-state index contributed by atoms with van der Waals surface area (Å²) in [5.74, 6) is -0.107. The molecule has 0 aliphatic rings. The number of ether oxygens (including phenoxy) is 2. The number of hydrogen-bond donors (Lipinski definition) is 2. The molecule has 0 bridgehead atoms. The number of carbonyl (C=O) groups is 2. The van der Waals surface area contributed by atoms with Crippen LogP contribution < -0.4 is 16.0 Å². The average Bonchev–Trinajstić information content (AvgIpc) is 3.40. The Hall–Kier alpha value is -3.90. The van der Waals surface area contributed by atoms with E-state index >= 15 is 0 Å². The third kappa shape index (κ3) is 5.97. The molecule has 2 amide bonds. The minimum Gasteiger partial charge on any atom is -0.443 e. The molecule has 0 saturated carbocycles. The Kier molecular flexibility index (Phi) is 7.47. The molecule has 0 spiro atoms. The number of halogens is 1. The number of benzene rings is 1. The van der Waals surface area contributed by atoms with Gasteiger partial charge in [-0.3, -0.25) is 14.4 Å². The normalized spacial score (nSPS) is 12.6. The Bertz CT molecular complexity index is 1510. The lowest BCUT2D eigenvalue weighted by Crippen LogP contribution is -2.36. The summed E-state index contributed by atoms with van der Waals surface area (Å²) in [4.78, 5) is 31.1. The highest BCUT2D eigenvalue weighted by molar-refractivity contribution is 6.30. The number of nitrogens with zero attached hydrogens (tertiary/aromatic N) is 6. The van der Waals surface area contributed by atoms with Crippen molar-refractivity contribution in [3.63, 3.8) is 0 Å². The predicted octanol–water partition coefficient (Wildman–Crippen LogP) is 3.56. The maximum absolute atomic E-state index is 13.0. The summed E-state index contributed by atoms with van der Waals surface area (Å²) < 4.78 is 14.3. The van der Waals surface area contributed by atoms with Crippen LogP contribution in [0.3, 0.4) is 0 Å². The molecule has 3 aromatic heterocycles. The molecular formula is C25H31ClN8O4. The molecule has 0 unspecified atom stereocenters. The molecule has 3 heterocycles. The SMILES string of the molecule is C[C@H](COCc1cc(N)c2cn(C)nc2c1)NC(=O)c1cnn2c(N(C)C(=O)OC(C)(C)C)cc(Cl)nc12. The van der Waals surface area contributed by atoms with Gasteiger partial charge in [-0.15, -0.1) is 0 Å². The van der Waals surface area contributed by atoms with Gasteiger partial charge in [-0.25, -0.2) is 9.78 Å². The lowest BCUT2D eigenvalue weighted by Gasteiger charge is -2.24. The van der Waals surface area contributed by atoms with Crippen LogP contribution in [-0.4, -0.2) is 61.7 Å². The van der Waals surface area contributed by atoms with E-state index in [-0.39, 0.29) is 29.0 Å². The highest BCUT2D eigenvalue weighted by Crippen LogP contribution is 2.24. The van der Waals surface area contributed by atoms with E-state index in [1.165, 1.54) is 28.7 Å². The summed E-state index contributed by atoms with van der Waals surface area (Å²) in [6.45, 7) is 7.69. The molecule has 4 aromatic rings. The fourth-order valence-corrected chi connectivity index (χ4v) is 4.03. The van der Waals surface area contributed by atoms with E-state index in [2.05, 4.69) is 20.5 Å². The first-order valence-electron chi connectivity index (χ1n) is 11.9. The highest BCUT2D eigenvalue weighted by atomic mass is 35.5. The van der Waals surface area contributed by atoms with E-state index in [4.69, 9.17) is 26.8 Å². The van der Waals surface area contributed by atoms with E-state index in [1.807, 2.05) is 32.3 Å². The van der Waals surface area contributed by atoms with Gasteiger partial charge in [0.15, 0.2) is 5.65 Å². The van der Waals surface area contributed by atoms with E-state index in [0.717, 1.165) is 16.5 Å². The highest BCUT2D eigenvalue weighted by Gasteiger charge is 2.25. The first-order chi connectivity index (χ1) is 17.8. The van der Waals surface area contributed by atoms with Crippen LogP contribution in [0, 0.1) is 0 Å². The lowest BCUT2D eigenvalue weighted by molar-refractivity contribution is 0.0587. The number of nitrogens with one attached hydrogen (secondary N) is 1. The van der Waals surface area contributed by atoms with Gasteiger partial charge < -0.3 is 20.5 Å². The first-order valence-corrected chi connectivity index (χ1v) is 12.3. The van der Waals surface area contributed by atoms with Crippen LogP contribution in [0.1, 0.15) is 43.6 Å². The average molecular weight is 543 g/mol. The van der Waals surface area contributed by atoms with Crippen molar-refractivity contribution in [3.05, 3.63) is 46.9 Å². The van der Waals surface area contributed by atoms with Gasteiger partial charge in [-0.05, 0) is 45.4 Å². The zero-order valence-electron chi connectivity index (χ0n) is 22.1. The van der Waals surface area contributed by atoms with Crippen LogP contribution in [0.15, 0.2) is 30.6 Å². The van der Waals surface area contributed by atoms with Crippen molar-refractivity contribution in [3.8, 4) is 0 Å². The van der Waals surface area contributed by atoms with Crippen LogP contribution in [0.25, 0.3) is 16.6 Å². The third-order valence-electron chi connectivity index (χ3n) is 5.52. The van der Waals surface area contributed by atoms with E-state index in [9.17, 15) is 9.59 Å². The smallest absolute Gasteiger partial charge is 0.415 e. The summed E-state index contributed by atoms with van der Waals surface area (Å²) >= 11 is 6.22. The number of rotatable bonds is 7. The zero-order chi connectivity index (χ0) is 27.8. The van der Waals surface area contributed by atoms with Crippen LogP contribution in [-0.2, 0) is 23.1 Å². The number of nitrogen functional groups attached to an aromatic ring is 1. The minimum absolute atomic E-state index is 0.0954. The molecule has 3 N–H and O–H groups in total. The standard InChI is InChI=1S/C25H31ClN8O4/c1-14(12-37-13-15-7-18(27)17-11-32(5)31-19(17)8-15)29-23(35)16-10-28-34-21(9-20(26)30-22(16)34)33(6)24(36)38-25(2,3)4/h7-11,14H,12-13,27H2,1-6H3,(H,29,35)/t14-/m1/s1. The number of hydrogen-bond acceptors (Lipinski definition) is 8. The third-order valence-corrected chi connectivity index (χ3v) is 5.72. The molecule has 1 atom stereocenters. The van der Waals surface area contributed by atoms with Crippen LogP contribution in [0.5, 0.6) is 0 Å². The van der Waals surface area contributed by atoms with Gasteiger partial charge in [0.1, 0.15) is 22.1 Å². The Labute approximate surface area is 224 Å². The van der Waals surface area contributed by atoms with Gasteiger partial charge in [0.05, 0.1) is 24.9 Å². The molecule has 38 heavy (non-hydrogen) atoms. The molecule has 1 aromatic carbocycles. The van der Waals surface area contributed by atoms with Crippen molar-refractivity contribution in [1.82, 2.24) is 29.7 Å². The van der Waals surface area contributed by atoms with Crippen molar-refractivity contribution >= 4 is 51.7 Å². The molecule has 0 saturated heterocycles. The summed E-state index contributed by atoms with van der Waals surface area (Å²) in [6, 6.07) is 4.93. The second-order valence-corrected chi connectivity index (χ2v) is 10.5. The maximum atomic E-state index is 13.0. The summed E-state index contributed by atoms with van der Waals surface area (Å²) in [5.41, 5.74) is 8.16. The van der Waals surface area contributed by atoms with Gasteiger partial charge in [0.25, 0.3) is 5.91 Å². The molecular weight excluding hydrogens is 512 g/mol. The van der Waals surface area contributed by atoms with Crippen molar-refractivity contribution < 1.29 is 19.1 Å². The summed E-state index contributed by atoms with van der Waals surface area (Å²) in [6.07, 6.45) is 2.64. The maximum Gasteiger partial charge on any atom is 0.415 e. The van der Waals surface area contributed by atoms with Gasteiger partial charge in [-0.2, -0.15) is 14.7 Å². The van der Waals surface area contributed by atoms with E-state index < -0.39 is 17.6 Å². The van der Waals surface area contributed by atoms with E-state index in [1.54, 1.807) is 25.5 Å². The van der Waals surface area contributed by atoms with Gasteiger partial charge in [-0.1, -0.05) is 11.6 Å².